The molecule has 0 spiro atoms. The van der Waals surface area contributed by atoms with Gasteiger partial charge < -0.3 is 5.11 Å². The lowest BCUT2D eigenvalue weighted by Gasteiger charge is -2.03. The number of hydrogen-bond acceptors (Lipinski definition) is 3. The summed E-state index contributed by atoms with van der Waals surface area (Å²) >= 11 is 6.91. The lowest BCUT2D eigenvalue weighted by molar-refractivity contribution is -0.140. The summed E-state index contributed by atoms with van der Waals surface area (Å²) in [4.78, 5) is 22.7. The first-order valence-electron chi connectivity index (χ1n) is 4.54. The molecule has 2 rings (SSSR count). The number of nitrogens with zero attached hydrogens (tertiary/aromatic N) is 1. The Kier molecular flexibility index (Phi) is 2.73. The highest BCUT2D eigenvalue weighted by Gasteiger charge is 2.18. The van der Waals surface area contributed by atoms with Gasteiger partial charge in [0.2, 0.25) is 0 Å². The predicted octanol–water partition coefficient (Wildman–Crippen LogP) is 2.36. The van der Waals surface area contributed by atoms with Gasteiger partial charge in [-0.05, 0) is 25.1 Å². The Balaban J connectivity index is 2.69. The van der Waals surface area contributed by atoms with E-state index in [-0.39, 0.29) is 5.56 Å². The van der Waals surface area contributed by atoms with E-state index in [2.05, 4.69) is 0 Å². The minimum absolute atomic E-state index is 0.286. The molecule has 0 saturated heterocycles. The average Bonchev–Trinajstić information content (AvgIpc) is 2.54. The van der Waals surface area contributed by atoms with Crippen molar-refractivity contribution in [1.29, 1.82) is 0 Å². The Bertz CT molecular complexity index is 616. The average molecular weight is 258 g/mol. The molecule has 4 nitrogen and oxygen atoms in total. The van der Waals surface area contributed by atoms with E-state index in [1.807, 2.05) is 0 Å². The molecule has 1 N–H and O–H groups in total. The summed E-state index contributed by atoms with van der Waals surface area (Å²) in [6.07, 6.45) is 0. The van der Waals surface area contributed by atoms with Crippen LogP contribution in [0.15, 0.2) is 23.0 Å². The Morgan fingerprint density at radius 1 is 1.56 bits per heavy atom. The monoisotopic (exact) mass is 257 g/mol. The van der Waals surface area contributed by atoms with Crippen molar-refractivity contribution in [2.75, 3.05) is 0 Å². The molecule has 1 atom stereocenters. The number of aliphatic carboxylic acids is 1. The van der Waals surface area contributed by atoms with E-state index >= 15 is 0 Å². The van der Waals surface area contributed by atoms with Crippen LogP contribution in [0.2, 0.25) is 5.02 Å². The van der Waals surface area contributed by atoms with Gasteiger partial charge in [0, 0.05) is 5.02 Å². The van der Waals surface area contributed by atoms with Gasteiger partial charge in [0.05, 0.1) is 10.1 Å². The maximum Gasteiger partial charge on any atom is 0.327 e. The van der Waals surface area contributed by atoms with Gasteiger partial charge in [-0.3, -0.25) is 4.79 Å². The van der Waals surface area contributed by atoms with Crippen LogP contribution in [0.4, 0.5) is 0 Å². The Morgan fingerprint density at radius 2 is 2.25 bits per heavy atom. The van der Waals surface area contributed by atoms with Gasteiger partial charge in [0.15, 0.2) is 0 Å². The number of aromatic nitrogens is 1. The van der Waals surface area contributed by atoms with Crippen molar-refractivity contribution < 1.29 is 9.90 Å². The number of hydrogen-bond donors (Lipinski definition) is 1. The van der Waals surface area contributed by atoms with E-state index in [1.165, 1.54) is 10.9 Å². The highest BCUT2D eigenvalue weighted by atomic mass is 35.5. The topological polar surface area (TPSA) is 59.3 Å². The molecular weight excluding hydrogens is 250 g/mol. The molecule has 84 valence electrons. The van der Waals surface area contributed by atoms with Gasteiger partial charge >= 0.3 is 5.97 Å². The first-order chi connectivity index (χ1) is 7.50. The summed E-state index contributed by atoms with van der Waals surface area (Å²) < 4.78 is 1.94. The fraction of sp³-hybridized carbons (Fsp3) is 0.200. The molecule has 1 aromatic carbocycles. The van der Waals surface area contributed by atoms with Gasteiger partial charge in [-0.2, -0.15) is 0 Å². The summed E-state index contributed by atoms with van der Waals surface area (Å²) in [6.45, 7) is 1.47. The van der Waals surface area contributed by atoms with Gasteiger partial charge in [0.1, 0.15) is 6.04 Å². The van der Waals surface area contributed by atoms with E-state index < -0.39 is 12.0 Å². The summed E-state index contributed by atoms with van der Waals surface area (Å²) in [5, 5.41) is 9.89. The number of fused-ring (bicyclic) bond motifs is 1. The first-order valence-corrected chi connectivity index (χ1v) is 5.69. The maximum atomic E-state index is 11.9. The van der Waals surface area contributed by atoms with E-state index in [1.54, 1.807) is 18.2 Å². The standard InChI is InChI=1S/C10H8ClNO3S/c1-5(10(14)15)12-9(13)7-3-2-6(11)4-8(7)16-12/h2-5H,1H3,(H,14,15). The van der Waals surface area contributed by atoms with Crippen molar-refractivity contribution in [1.82, 2.24) is 3.96 Å². The minimum atomic E-state index is -1.03. The number of carboxylic acids is 1. The van der Waals surface area contributed by atoms with E-state index in [9.17, 15) is 9.59 Å². The van der Waals surface area contributed by atoms with Gasteiger partial charge in [-0.1, -0.05) is 23.1 Å². The fourth-order valence-electron chi connectivity index (χ4n) is 1.37. The van der Waals surface area contributed by atoms with Gasteiger partial charge in [-0.15, -0.1) is 0 Å². The van der Waals surface area contributed by atoms with Crippen LogP contribution in [-0.2, 0) is 4.79 Å². The van der Waals surface area contributed by atoms with E-state index in [4.69, 9.17) is 16.7 Å². The van der Waals surface area contributed by atoms with Gasteiger partial charge in [0.25, 0.3) is 5.56 Å². The van der Waals surface area contributed by atoms with Crippen LogP contribution in [0.25, 0.3) is 10.1 Å². The largest absolute Gasteiger partial charge is 0.480 e. The van der Waals surface area contributed by atoms with Gasteiger partial charge in [-0.25, -0.2) is 8.75 Å². The molecule has 0 saturated carbocycles. The van der Waals surface area contributed by atoms with Crippen molar-refractivity contribution >= 4 is 39.2 Å². The molecule has 0 aliphatic rings. The summed E-state index contributed by atoms with van der Waals surface area (Å²) in [5.74, 6) is -1.03. The highest BCUT2D eigenvalue weighted by molar-refractivity contribution is 7.14. The third-order valence-corrected chi connectivity index (χ3v) is 3.73. The maximum absolute atomic E-state index is 11.9. The zero-order valence-electron chi connectivity index (χ0n) is 8.31. The fourth-order valence-corrected chi connectivity index (χ4v) is 2.68. The molecule has 1 heterocycles. The lowest BCUT2D eigenvalue weighted by atomic mass is 10.3. The molecule has 0 bridgehead atoms. The number of benzene rings is 1. The van der Waals surface area contributed by atoms with E-state index in [0.717, 1.165) is 11.5 Å². The normalized spacial score (nSPS) is 12.9. The second-order valence-electron chi connectivity index (χ2n) is 3.38. The molecule has 1 aromatic heterocycles. The smallest absolute Gasteiger partial charge is 0.327 e. The van der Waals surface area contributed by atoms with Crippen LogP contribution in [-0.4, -0.2) is 15.0 Å². The summed E-state index contributed by atoms with van der Waals surface area (Å²) in [6, 6.07) is 4.03. The molecule has 16 heavy (non-hydrogen) atoms. The van der Waals surface area contributed by atoms with Crippen molar-refractivity contribution in [2.24, 2.45) is 0 Å². The molecule has 0 amide bonds. The second kappa shape index (κ2) is 3.92. The number of carbonyl (C=O) groups is 1. The van der Waals surface area contributed by atoms with Crippen molar-refractivity contribution in [2.45, 2.75) is 13.0 Å². The molecular formula is C10H8ClNO3S. The Morgan fingerprint density at radius 3 is 2.88 bits per heavy atom. The number of rotatable bonds is 2. The van der Waals surface area contributed by atoms with Crippen LogP contribution < -0.4 is 5.56 Å². The quantitative estimate of drug-likeness (QED) is 0.898. The zero-order valence-corrected chi connectivity index (χ0v) is 9.88. The predicted molar refractivity (Wildman–Crippen MR) is 63.4 cm³/mol. The van der Waals surface area contributed by atoms with Crippen molar-refractivity contribution in [3.05, 3.63) is 33.6 Å². The summed E-state index contributed by atoms with van der Waals surface area (Å²) in [7, 11) is 0. The zero-order chi connectivity index (χ0) is 11.9. The van der Waals surface area contributed by atoms with Crippen LogP contribution in [0, 0.1) is 0 Å². The van der Waals surface area contributed by atoms with Crippen LogP contribution >= 0.6 is 23.1 Å². The third kappa shape index (κ3) is 1.72. The molecule has 2 aromatic rings. The van der Waals surface area contributed by atoms with Crippen molar-refractivity contribution in [3.63, 3.8) is 0 Å². The highest BCUT2D eigenvalue weighted by Crippen LogP contribution is 2.23. The SMILES string of the molecule is CC(C(=O)O)n1sc2cc(Cl)ccc2c1=O. The summed E-state index contributed by atoms with van der Waals surface area (Å²) in [5.41, 5.74) is -0.286. The minimum Gasteiger partial charge on any atom is -0.480 e. The molecule has 0 fully saturated rings. The second-order valence-corrected chi connectivity index (χ2v) is 4.83. The number of carboxylic acid groups (broad SMARTS) is 1. The van der Waals surface area contributed by atoms with Crippen LogP contribution in [0.3, 0.4) is 0 Å². The first kappa shape index (κ1) is 11.2. The van der Waals surface area contributed by atoms with E-state index in [0.29, 0.717) is 15.1 Å². The van der Waals surface area contributed by atoms with Crippen molar-refractivity contribution in [3.8, 4) is 0 Å². The molecule has 0 radical (unpaired) electrons. The molecule has 1 unspecified atom stereocenters. The lowest BCUT2D eigenvalue weighted by Crippen LogP contribution is -2.22. The number of halogens is 1. The molecule has 0 aliphatic carbocycles. The Labute approximate surface area is 99.8 Å². The molecule has 0 aliphatic heterocycles. The molecule has 6 heteroatoms. The van der Waals surface area contributed by atoms with Crippen LogP contribution in [0.1, 0.15) is 13.0 Å². The third-order valence-electron chi connectivity index (χ3n) is 2.28. The van der Waals surface area contributed by atoms with Crippen LogP contribution in [0.5, 0.6) is 0 Å². The Hall–Kier alpha value is -1.33.